The van der Waals surface area contributed by atoms with E-state index in [9.17, 15) is 13.2 Å². The monoisotopic (exact) mass is 362 g/mol. The van der Waals surface area contributed by atoms with Crippen LogP contribution in [-0.2, 0) is 14.8 Å². The summed E-state index contributed by atoms with van der Waals surface area (Å²) in [6.45, 7) is 0.196. The lowest BCUT2D eigenvalue weighted by Gasteiger charge is -2.24. The molecule has 0 radical (unpaired) electrons. The third-order valence-electron chi connectivity index (χ3n) is 3.58. The van der Waals surface area contributed by atoms with E-state index in [1.807, 2.05) is 18.2 Å². The highest BCUT2D eigenvalue weighted by Gasteiger charge is 2.20. The molecule has 1 amide bonds. The minimum Gasteiger partial charge on any atom is -0.495 e. The smallest absolute Gasteiger partial charge is 0.232 e. The number of para-hydroxylation sites is 3. The van der Waals surface area contributed by atoms with Crippen molar-refractivity contribution in [1.29, 1.82) is 0 Å². The number of anilines is 2. The van der Waals surface area contributed by atoms with Crippen LogP contribution in [0.2, 0.25) is 0 Å². The highest BCUT2D eigenvalue weighted by atomic mass is 32.2. The number of rotatable bonds is 8. The van der Waals surface area contributed by atoms with Crippen molar-refractivity contribution in [2.75, 3.05) is 29.5 Å². The number of ether oxygens (including phenoxy) is 1. The molecular weight excluding hydrogens is 340 g/mol. The van der Waals surface area contributed by atoms with E-state index in [1.165, 1.54) is 11.4 Å². The van der Waals surface area contributed by atoms with Gasteiger partial charge in [0.05, 0.1) is 19.1 Å². The number of amides is 1. The zero-order valence-corrected chi connectivity index (χ0v) is 15.1. The fraction of sp³-hybridized carbons (Fsp3) is 0.278. The van der Waals surface area contributed by atoms with Crippen LogP contribution >= 0.6 is 0 Å². The molecule has 0 saturated heterocycles. The third kappa shape index (κ3) is 5.49. The molecule has 2 aromatic rings. The van der Waals surface area contributed by atoms with Gasteiger partial charge in [0.25, 0.3) is 0 Å². The van der Waals surface area contributed by atoms with Gasteiger partial charge in [-0.25, -0.2) is 8.42 Å². The minimum atomic E-state index is -3.49. The fourth-order valence-corrected chi connectivity index (χ4v) is 3.40. The molecule has 0 unspecified atom stereocenters. The number of sulfonamides is 1. The molecule has 25 heavy (non-hydrogen) atoms. The Balaban J connectivity index is 2.01. The zero-order chi connectivity index (χ0) is 18.3. The average Bonchev–Trinajstić information content (AvgIpc) is 2.58. The van der Waals surface area contributed by atoms with E-state index < -0.39 is 10.0 Å². The molecule has 0 bridgehead atoms. The second-order valence-electron chi connectivity index (χ2n) is 5.52. The lowest BCUT2D eigenvalue weighted by molar-refractivity contribution is -0.116. The van der Waals surface area contributed by atoms with Gasteiger partial charge >= 0.3 is 0 Å². The van der Waals surface area contributed by atoms with Gasteiger partial charge in [-0.3, -0.25) is 9.10 Å². The molecule has 7 heteroatoms. The maximum Gasteiger partial charge on any atom is 0.232 e. The van der Waals surface area contributed by atoms with Crippen molar-refractivity contribution in [1.82, 2.24) is 0 Å². The lowest BCUT2D eigenvalue weighted by Crippen LogP contribution is -2.31. The molecule has 0 aromatic heterocycles. The predicted octanol–water partition coefficient (Wildman–Crippen LogP) is 2.88. The Kier molecular flexibility index (Phi) is 6.41. The van der Waals surface area contributed by atoms with E-state index in [0.29, 0.717) is 17.9 Å². The number of carbonyl (C=O) groups is 1. The first kappa shape index (κ1) is 18.8. The van der Waals surface area contributed by atoms with Crippen molar-refractivity contribution in [3.63, 3.8) is 0 Å². The number of nitrogens with one attached hydrogen (secondary N) is 1. The molecule has 0 aliphatic rings. The summed E-state index contributed by atoms with van der Waals surface area (Å²) in [4.78, 5) is 12.0. The van der Waals surface area contributed by atoms with Gasteiger partial charge in [0.1, 0.15) is 5.75 Å². The Labute approximate surface area is 148 Å². The van der Waals surface area contributed by atoms with Crippen LogP contribution in [0.3, 0.4) is 0 Å². The predicted molar refractivity (Wildman–Crippen MR) is 99.5 cm³/mol. The standard InChI is InChI=1S/C18H22N2O4S/c1-24-17-12-7-6-11-16(17)20(25(2,22)23)14-8-13-18(21)19-15-9-4-3-5-10-15/h3-7,9-12H,8,13-14H2,1-2H3,(H,19,21). The van der Waals surface area contributed by atoms with Crippen LogP contribution in [0.1, 0.15) is 12.8 Å². The molecule has 0 spiro atoms. The summed E-state index contributed by atoms with van der Waals surface area (Å²) in [5.41, 5.74) is 1.19. The largest absolute Gasteiger partial charge is 0.495 e. The van der Waals surface area contributed by atoms with E-state index in [2.05, 4.69) is 5.32 Å². The molecule has 0 atom stereocenters. The molecule has 1 N–H and O–H groups in total. The average molecular weight is 362 g/mol. The molecule has 0 fully saturated rings. The fourth-order valence-electron chi connectivity index (χ4n) is 2.43. The van der Waals surface area contributed by atoms with E-state index in [0.717, 1.165) is 11.9 Å². The highest BCUT2D eigenvalue weighted by Crippen LogP contribution is 2.29. The second-order valence-corrected chi connectivity index (χ2v) is 7.43. The first-order chi connectivity index (χ1) is 11.9. The van der Waals surface area contributed by atoms with Crippen molar-refractivity contribution < 1.29 is 17.9 Å². The molecule has 0 aliphatic heterocycles. The maximum absolute atomic E-state index is 12.1. The Morgan fingerprint density at radius 3 is 2.36 bits per heavy atom. The van der Waals surface area contributed by atoms with E-state index in [4.69, 9.17) is 4.74 Å². The van der Waals surface area contributed by atoms with Crippen LogP contribution in [0.15, 0.2) is 54.6 Å². The van der Waals surface area contributed by atoms with Crippen LogP contribution in [0, 0.1) is 0 Å². The van der Waals surface area contributed by atoms with Crippen molar-refractivity contribution in [3.05, 3.63) is 54.6 Å². The van der Waals surface area contributed by atoms with Gasteiger partial charge in [0, 0.05) is 18.7 Å². The van der Waals surface area contributed by atoms with Crippen molar-refractivity contribution >= 4 is 27.3 Å². The van der Waals surface area contributed by atoms with E-state index in [-0.39, 0.29) is 18.9 Å². The normalized spacial score (nSPS) is 11.0. The first-order valence-electron chi connectivity index (χ1n) is 7.87. The second kappa shape index (κ2) is 8.53. The van der Waals surface area contributed by atoms with Crippen molar-refractivity contribution in [2.24, 2.45) is 0 Å². The quantitative estimate of drug-likeness (QED) is 0.783. The molecule has 0 saturated carbocycles. The SMILES string of the molecule is COc1ccccc1N(CCCC(=O)Nc1ccccc1)S(C)(=O)=O. The van der Waals surface area contributed by atoms with Gasteiger partial charge in [-0.15, -0.1) is 0 Å². The van der Waals surface area contributed by atoms with Gasteiger partial charge in [-0.1, -0.05) is 30.3 Å². The number of hydrogen-bond donors (Lipinski definition) is 1. The van der Waals surface area contributed by atoms with Crippen LogP contribution < -0.4 is 14.4 Å². The van der Waals surface area contributed by atoms with E-state index in [1.54, 1.807) is 36.4 Å². The number of benzene rings is 2. The van der Waals surface area contributed by atoms with Crippen LogP contribution in [0.5, 0.6) is 5.75 Å². The molecule has 0 heterocycles. The summed E-state index contributed by atoms with van der Waals surface area (Å²) in [6.07, 6.45) is 1.75. The van der Waals surface area contributed by atoms with Crippen molar-refractivity contribution in [2.45, 2.75) is 12.8 Å². The summed E-state index contributed by atoms with van der Waals surface area (Å²) in [5.74, 6) is 0.321. The lowest BCUT2D eigenvalue weighted by atomic mass is 10.2. The number of methoxy groups -OCH3 is 1. The van der Waals surface area contributed by atoms with Crippen LogP contribution in [-0.4, -0.2) is 34.2 Å². The highest BCUT2D eigenvalue weighted by molar-refractivity contribution is 7.92. The molecule has 2 rings (SSSR count). The van der Waals surface area contributed by atoms with Gasteiger partial charge in [-0.2, -0.15) is 0 Å². The molecule has 6 nitrogen and oxygen atoms in total. The Morgan fingerprint density at radius 1 is 1.08 bits per heavy atom. The summed E-state index contributed by atoms with van der Waals surface area (Å²) in [6, 6.07) is 16.1. The molecule has 2 aromatic carbocycles. The Hall–Kier alpha value is -2.54. The molecular formula is C18H22N2O4S. The third-order valence-corrected chi connectivity index (χ3v) is 4.76. The zero-order valence-electron chi connectivity index (χ0n) is 14.3. The van der Waals surface area contributed by atoms with Gasteiger partial charge in [0.15, 0.2) is 0 Å². The Bertz CT molecular complexity index is 807. The molecule has 134 valence electrons. The summed E-state index contributed by atoms with van der Waals surface area (Å²) in [5, 5.41) is 2.79. The van der Waals surface area contributed by atoms with Gasteiger partial charge < -0.3 is 10.1 Å². The van der Waals surface area contributed by atoms with Crippen LogP contribution in [0.4, 0.5) is 11.4 Å². The number of hydrogen-bond acceptors (Lipinski definition) is 4. The minimum absolute atomic E-state index is 0.153. The number of nitrogens with zero attached hydrogens (tertiary/aromatic N) is 1. The van der Waals surface area contributed by atoms with Gasteiger partial charge in [0.2, 0.25) is 15.9 Å². The maximum atomic E-state index is 12.1. The molecule has 0 aliphatic carbocycles. The van der Waals surface area contributed by atoms with Crippen molar-refractivity contribution in [3.8, 4) is 5.75 Å². The Morgan fingerprint density at radius 2 is 1.72 bits per heavy atom. The summed E-state index contributed by atoms with van der Waals surface area (Å²) >= 11 is 0. The topological polar surface area (TPSA) is 75.7 Å². The van der Waals surface area contributed by atoms with E-state index >= 15 is 0 Å². The van der Waals surface area contributed by atoms with Gasteiger partial charge in [-0.05, 0) is 30.7 Å². The first-order valence-corrected chi connectivity index (χ1v) is 9.72. The summed E-state index contributed by atoms with van der Waals surface area (Å²) < 4.78 is 30.8. The number of carbonyl (C=O) groups excluding carboxylic acids is 1. The van der Waals surface area contributed by atoms with Crippen LogP contribution in [0.25, 0.3) is 0 Å². The summed E-state index contributed by atoms with van der Waals surface area (Å²) in [7, 11) is -1.99.